The summed E-state index contributed by atoms with van der Waals surface area (Å²) in [5.41, 5.74) is 1.61. The molecule has 0 radical (unpaired) electrons. The van der Waals surface area contributed by atoms with Gasteiger partial charge in [-0.1, -0.05) is 52.5 Å². The van der Waals surface area contributed by atoms with Gasteiger partial charge in [0.05, 0.1) is 6.61 Å². The molecule has 2 aromatic carbocycles. The molecule has 2 unspecified atom stereocenters. The number of hydrogen-bond donors (Lipinski definition) is 0. The molecular formula is C22H21Cl2FN2O2S. The Hall–Kier alpha value is -2.15. The second kappa shape index (κ2) is 10.8. The van der Waals surface area contributed by atoms with Crippen molar-refractivity contribution in [2.24, 2.45) is 0 Å². The second-order valence-electron chi connectivity index (χ2n) is 6.77. The Bertz CT molecular complexity index is 949. The quantitative estimate of drug-likeness (QED) is 0.155. The molecule has 1 amide bonds. The van der Waals surface area contributed by atoms with Gasteiger partial charge in [-0.05, 0) is 36.6 Å². The van der Waals surface area contributed by atoms with Crippen LogP contribution in [-0.2, 0) is 17.6 Å². The van der Waals surface area contributed by atoms with E-state index in [1.165, 1.54) is 5.56 Å². The molecule has 4 nitrogen and oxygen atoms in total. The molecule has 158 valence electrons. The molecule has 8 heteroatoms. The minimum absolute atomic E-state index is 0.0418. The third-order valence-corrected chi connectivity index (χ3v) is 6.06. The van der Waals surface area contributed by atoms with Gasteiger partial charge in [0.1, 0.15) is 10.8 Å². The van der Waals surface area contributed by atoms with E-state index >= 15 is 0 Å². The first-order chi connectivity index (χ1) is 14.5. The summed E-state index contributed by atoms with van der Waals surface area (Å²) in [4.78, 5) is 16.1. The third kappa shape index (κ3) is 6.17. The van der Waals surface area contributed by atoms with E-state index in [2.05, 4.69) is 29.2 Å². The summed E-state index contributed by atoms with van der Waals surface area (Å²) in [6.07, 6.45) is 3.48. The van der Waals surface area contributed by atoms with Crippen LogP contribution in [-0.4, -0.2) is 28.5 Å². The highest BCUT2D eigenvalue weighted by Crippen LogP contribution is 2.28. The fourth-order valence-corrected chi connectivity index (χ4v) is 4.12. The molecule has 0 saturated heterocycles. The number of alkyl halides is 2. The normalized spacial score (nSPS) is 12.9. The topological polar surface area (TPSA) is 42.4 Å². The molecule has 1 heterocycles. The number of aromatic nitrogens is 1. The molecule has 3 rings (SSSR count). The van der Waals surface area contributed by atoms with Crippen LogP contribution >= 0.6 is 34.5 Å². The lowest BCUT2D eigenvalue weighted by Crippen LogP contribution is -2.13. The van der Waals surface area contributed by atoms with Gasteiger partial charge in [-0.2, -0.15) is 5.12 Å². The number of hydrogen-bond acceptors (Lipinski definition) is 4. The Morgan fingerprint density at radius 1 is 1.17 bits per heavy atom. The van der Waals surface area contributed by atoms with Crippen molar-refractivity contribution in [1.82, 2.24) is 10.1 Å². The number of ether oxygens (including phenoxy) is 1. The monoisotopic (exact) mass is 466 g/mol. The van der Waals surface area contributed by atoms with Crippen LogP contribution in [0.25, 0.3) is 10.6 Å². The number of carbonyl (C=O) groups excluding carboxylic acids is 1. The average Bonchev–Trinajstić information content (AvgIpc) is 3.22. The highest BCUT2D eigenvalue weighted by Gasteiger charge is 2.15. The van der Waals surface area contributed by atoms with Crippen LogP contribution in [0.1, 0.15) is 28.4 Å². The Morgan fingerprint density at radius 3 is 2.50 bits per heavy atom. The van der Waals surface area contributed by atoms with Crippen molar-refractivity contribution >= 4 is 40.9 Å². The molecule has 0 aliphatic carbocycles. The van der Waals surface area contributed by atoms with Crippen molar-refractivity contribution in [2.75, 3.05) is 6.61 Å². The largest absolute Gasteiger partial charge is 0.493 e. The van der Waals surface area contributed by atoms with Gasteiger partial charge in [0, 0.05) is 28.4 Å². The van der Waals surface area contributed by atoms with Crippen molar-refractivity contribution in [3.05, 3.63) is 70.7 Å². The van der Waals surface area contributed by atoms with Gasteiger partial charge in [0.25, 0.3) is 0 Å². The summed E-state index contributed by atoms with van der Waals surface area (Å²) < 4.78 is 18.9. The number of rotatable bonds is 10. The fraction of sp³-hybridized carbons (Fsp3) is 0.273. The maximum absolute atomic E-state index is 13.2. The SMILES string of the molecule is CC(Cl)Cc1ccc(-c2ncc(CCOc3ccc(C(Cl)N(F)C=O)cc3)s2)cc1. The van der Waals surface area contributed by atoms with Crippen LogP contribution in [0.2, 0.25) is 0 Å². The molecule has 2 atom stereocenters. The van der Waals surface area contributed by atoms with Gasteiger partial charge in [0.15, 0.2) is 5.50 Å². The Morgan fingerprint density at radius 2 is 1.87 bits per heavy atom. The molecule has 0 N–H and O–H groups in total. The molecule has 30 heavy (non-hydrogen) atoms. The molecule has 1 aromatic heterocycles. The number of carbonyl (C=O) groups is 1. The lowest BCUT2D eigenvalue weighted by molar-refractivity contribution is -0.133. The lowest BCUT2D eigenvalue weighted by atomic mass is 10.1. The highest BCUT2D eigenvalue weighted by atomic mass is 35.5. The Balaban J connectivity index is 1.51. The molecule has 0 spiro atoms. The van der Waals surface area contributed by atoms with Crippen LogP contribution in [0.15, 0.2) is 54.7 Å². The van der Waals surface area contributed by atoms with Gasteiger partial charge in [0.2, 0.25) is 6.41 Å². The molecule has 0 aliphatic heterocycles. The predicted molar refractivity (Wildman–Crippen MR) is 120 cm³/mol. The molecule has 3 aromatic rings. The number of amides is 1. The standard InChI is InChI=1S/C22H21Cl2FN2O2S/c1-15(23)12-16-2-4-18(5-3-16)22-26-13-20(30-22)10-11-29-19-8-6-17(7-9-19)21(24)27(25)14-28/h2-9,13-15,21H,10-12H2,1H3. The van der Waals surface area contributed by atoms with Crippen LogP contribution in [0.5, 0.6) is 5.75 Å². The van der Waals surface area contributed by atoms with Crippen molar-refractivity contribution in [3.63, 3.8) is 0 Å². The highest BCUT2D eigenvalue weighted by molar-refractivity contribution is 7.15. The fourth-order valence-electron chi connectivity index (χ4n) is 2.85. The van der Waals surface area contributed by atoms with E-state index in [1.54, 1.807) is 35.6 Å². The smallest absolute Gasteiger partial charge is 0.239 e. The summed E-state index contributed by atoms with van der Waals surface area (Å²) in [5, 5.41) is 0.994. The van der Waals surface area contributed by atoms with E-state index in [0.29, 0.717) is 17.9 Å². The minimum atomic E-state index is -1.15. The first-order valence-electron chi connectivity index (χ1n) is 9.40. The number of thiazole rings is 1. The van der Waals surface area contributed by atoms with Crippen LogP contribution < -0.4 is 4.74 Å². The van der Waals surface area contributed by atoms with Gasteiger partial charge in [-0.3, -0.25) is 4.79 Å². The van der Waals surface area contributed by atoms with E-state index in [4.69, 9.17) is 27.9 Å². The molecular weight excluding hydrogens is 446 g/mol. The van der Waals surface area contributed by atoms with E-state index < -0.39 is 5.50 Å². The summed E-state index contributed by atoms with van der Waals surface area (Å²) in [5.74, 6) is 0.646. The van der Waals surface area contributed by atoms with Gasteiger partial charge in [-0.25, -0.2) is 4.98 Å². The summed E-state index contributed by atoms with van der Waals surface area (Å²) in [6, 6.07) is 15.0. The zero-order chi connectivity index (χ0) is 21.5. The lowest BCUT2D eigenvalue weighted by Gasteiger charge is -2.14. The third-order valence-electron chi connectivity index (χ3n) is 4.36. The second-order valence-corrected chi connectivity index (χ2v) is 9.04. The van der Waals surface area contributed by atoms with Crippen molar-refractivity contribution in [2.45, 2.75) is 30.6 Å². The number of halogens is 3. The average molecular weight is 467 g/mol. The zero-order valence-electron chi connectivity index (χ0n) is 16.3. The first kappa shape index (κ1) is 22.5. The maximum atomic E-state index is 13.2. The van der Waals surface area contributed by atoms with Crippen LogP contribution in [0, 0.1) is 0 Å². The summed E-state index contributed by atoms with van der Waals surface area (Å²) in [6.45, 7) is 2.47. The molecule has 0 saturated carbocycles. The predicted octanol–water partition coefficient (Wildman–Crippen LogP) is 6.18. The maximum Gasteiger partial charge on any atom is 0.239 e. The van der Waals surface area contributed by atoms with Crippen molar-refractivity contribution < 1.29 is 14.0 Å². The number of benzene rings is 2. The molecule has 0 bridgehead atoms. The first-order valence-corrected chi connectivity index (χ1v) is 11.1. The van der Waals surface area contributed by atoms with E-state index in [1.807, 2.05) is 13.1 Å². The van der Waals surface area contributed by atoms with Gasteiger partial charge >= 0.3 is 0 Å². The summed E-state index contributed by atoms with van der Waals surface area (Å²) >= 11 is 13.5. The van der Waals surface area contributed by atoms with E-state index in [-0.39, 0.29) is 16.9 Å². The summed E-state index contributed by atoms with van der Waals surface area (Å²) in [7, 11) is 0. The van der Waals surface area contributed by atoms with Gasteiger partial charge < -0.3 is 4.74 Å². The Labute approximate surface area is 189 Å². The minimum Gasteiger partial charge on any atom is -0.493 e. The van der Waals surface area contributed by atoms with Crippen molar-refractivity contribution in [3.8, 4) is 16.3 Å². The van der Waals surface area contributed by atoms with E-state index in [9.17, 15) is 9.28 Å². The number of nitrogens with zero attached hydrogens (tertiary/aromatic N) is 2. The van der Waals surface area contributed by atoms with Crippen molar-refractivity contribution in [1.29, 1.82) is 0 Å². The van der Waals surface area contributed by atoms with Crippen LogP contribution in [0.3, 0.4) is 0 Å². The van der Waals surface area contributed by atoms with E-state index in [0.717, 1.165) is 28.3 Å². The zero-order valence-corrected chi connectivity index (χ0v) is 18.6. The molecule has 0 fully saturated rings. The Kier molecular flexibility index (Phi) is 8.08. The van der Waals surface area contributed by atoms with Crippen LogP contribution in [0.4, 0.5) is 4.48 Å². The van der Waals surface area contributed by atoms with Gasteiger partial charge in [-0.15, -0.1) is 22.9 Å². The molecule has 0 aliphatic rings.